The van der Waals surface area contributed by atoms with E-state index in [9.17, 15) is 4.79 Å². The first-order chi connectivity index (χ1) is 2.81. The lowest BCUT2D eigenvalue weighted by Crippen LogP contribution is -2.00. The van der Waals surface area contributed by atoms with E-state index in [1.165, 1.54) is 8.05 Å². The molecule has 4 heteroatoms. The predicted octanol–water partition coefficient (Wildman–Crippen LogP) is -0.527. The molecule has 6 heavy (non-hydrogen) atoms. The van der Waals surface area contributed by atoms with Crippen LogP contribution in [0.15, 0.2) is 0 Å². The van der Waals surface area contributed by atoms with E-state index in [1.54, 1.807) is 0 Å². The summed E-state index contributed by atoms with van der Waals surface area (Å²) in [5.41, 5.74) is 0. The Labute approximate surface area is 45.4 Å². The van der Waals surface area contributed by atoms with Crippen molar-refractivity contribution in [1.82, 2.24) is 0 Å². The Balaban J connectivity index is 2.99. The minimum atomic E-state index is -0.241. The number of carbonyl (C=O) groups is 1. The summed E-state index contributed by atoms with van der Waals surface area (Å²) in [5, 5.41) is 0.281. The molecule has 0 aromatic carbocycles. The van der Waals surface area contributed by atoms with E-state index in [2.05, 4.69) is 20.6 Å². The van der Waals surface area contributed by atoms with Crippen molar-refractivity contribution < 1.29 is 9.45 Å². The van der Waals surface area contributed by atoms with E-state index in [-0.39, 0.29) is 11.3 Å². The Morgan fingerprint density at radius 1 is 2.00 bits per heavy atom. The Hall–Kier alpha value is 0.0149. The fraction of sp³-hybridized carbons (Fsp3) is 0.500. The molecule has 0 amide bonds. The normalized spacial score (nSPS) is 7.50. The monoisotopic (exact) mass is 150 g/mol. The van der Waals surface area contributed by atoms with E-state index >= 15 is 0 Å². The summed E-state index contributed by atoms with van der Waals surface area (Å²) in [6.07, 6.45) is 0. The van der Waals surface area contributed by atoms with E-state index in [4.69, 9.17) is 0 Å². The van der Waals surface area contributed by atoms with Gasteiger partial charge in [-0.25, -0.2) is 0 Å². The zero-order valence-corrected chi connectivity index (χ0v) is 4.99. The lowest BCUT2D eigenvalue weighted by Gasteiger charge is -1.87. The average Bonchev–Trinajstić information content (AvgIpc) is 1.65. The summed E-state index contributed by atoms with van der Waals surface area (Å²) in [5.74, 6) is -0.241. The molecular formula is C2H4BBrO2. The molecule has 0 radical (unpaired) electrons. The maximum atomic E-state index is 9.91. The number of carbonyl (C=O) groups excluding carboxylic acids is 1. The Bertz CT molecular complexity index is 49.5. The van der Waals surface area contributed by atoms with Crippen LogP contribution in [0.4, 0.5) is 0 Å². The molecule has 0 aliphatic carbocycles. The smallest absolute Gasteiger partial charge is 0.326 e. The number of halogens is 1. The number of rotatable bonds is 1. The highest BCUT2D eigenvalue weighted by Crippen LogP contribution is 1.79. The van der Waals surface area contributed by atoms with Gasteiger partial charge < -0.3 is 4.65 Å². The highest BCUT2D eigenvalue weighted by Gasteiger charge is 1.88. The zero-order chi connectivity index (χ0) is 4.99. The van der Waals surface area contributed by atoms with Crippen LogP contribution in [-0.4, -0.2) is 19.3 Å². The van der Waals surface area contributed by atoms with Crippen LogP contribution in [0.3, 0.4) is 0 Å². The summed E-state index contributed by atoms with van der Waals surface area (Å²) in [7, 11) is 1.35. The maximum absolute atomic E-state index is 9.91. The van der Waals surface area contributed by atoms with Crippen molar-refractivity contribution in [2.75, 3.05) is 5.33 Å². The molecule has 0 aliphatic rings. The summed E-state index contributed by atoms with van der Waals surface area (Å²) >= 11 is 2.90. The molecule has 0 saturated heterocycles. The Morgan fingerprint density at radius 3 is 2.50 bits per heavy atom. The van der Waals surface area contributed by atoms with E-state index in [0.717, 1.165) is 0 Å². The second-order valence-electron chi connectivity index (χ2n) is 0.710. The molecule has 0 atom stereocenters. The van der Waals surface area contributed by atoms with Crippen LogP contribution in [0, 0.1) is 0 Å². The van der Waals surface area contributed by atoms with Gasteiger partial charge in [0.1, 0.15) is 0 Å². The molecule has 0 N–H and O–H groups in total. The molecule has 0 unspecified atom stereocenters. The minimum absolute atomic E-state index is 0.241. The average molecular weight is 151 g/mol. The van der Waals surface area contributed by atoms with Crippen molar-refractivity contribution in [3.8, 4) is 0 Å². The van der Waals surface area contributed by atoms with Gasteiger partial charge in [-0.05, 0) is 0 Å². The topological polar surface area (TPSA) is 26.3 Å². The summed E-state index contributed by atoms with van der Waals surface area (Å²) in [4.78, 5) is 9.91. The van der Waals surface area contributed by atoms with Crippen LogP contribution in [0.25, 0.3) is 0 Å². The number of hydrogen-bond donors (Lipinski definition) is 0. The number of alkyl halides is 1. The highest BCUT2D eigenvalue weighted by molar-refractivity contribution is 9.09. The summed E-state index contributed by atoms with van der Waals surface area (Å²) < 4.78 is 4.21. The van der Waals surface area contributed by atoms with Crippen molar-refractivity contribution in [2.24, 2.45) is 0 Å². The second kappa shape index (κ2) is 3.21. The fourth-order valence-electron chi connectivity index (χ4n) is 0.0546. The van der Waals surface area contributed by atoms with E-state index in [0.29, 0.717) is 0 Å². The van der Waals surface area contributed by atoms with E-state index < -0.39 is 0 Å². The van der Waals surface area contributed by atoms with Gasteiger partial charge in [-0.15, -0.1) is 0 Å². The highest BCUT2D eigenvalue weighted by atomic mass is 79.9. The van der Waals surface area contributed by atoms with Crippen molar-refractivity contribution in [3.63, 3.8) is 0 Å². The van der Waals surface area contributed by atoms with Gasteiger partial charge in [0.05, 0.1) is 5.33 Å². The van der Waals surface area contributed by atoms with Gasteiger partial charge in [-0.2, -0.15) is 0 Å². The lowest BCUT2D eigenvalue weighted by atomic mass is 10.6. The zero-order valence-electron chi connectivity index (χ0n) is 3.40. The molecule has 0 spiro atoms. The van der Waals surface area contributed by atoms with Gasteiger partial charge in [0.15, 0.2) is 0 Å². The van der Waals surface area contributed by atoms with Crippen LogP contribution in [0.2, 0.25) is 0 Å². The molecule has 0 aromatic rings. The van der Waals surface area contributed by atoms with Crippen LogP contribution in [0.1, 0.15) is 0 Å². The van der Waals surface area contributed by atoms with Crippen LogP contribution < -0.4 is 0 Å². The van der Waals surface area contributed by atoms with Gasteiger partial charge in [-0.3, -0.25) is 4.79 Å². The minimum Gasteiger partial charge on any atom is -0.543 e. The predicted molar refractivity (Wildman–Crippen MR) is 28.4 cm³/mol. The van der Waals surface area contributed by atoms with Crippen LogP contribution in [0.5, 0.6) is 0 Å². The summed E-state index contributed by atoms with van der Waals surface area (Å²) in [6, 6.07) is 0. The molecule has 0 aliphatic heterocycles. The number of hydrogen-bond acceptors (Lipinski definition) is 2. The molecule has 34 valence electrons. The summed E-state index contributed by atoms with van der Waals surface area (Å²) in [6.45, 7) is 0. The van der Waals surface area contributed by atoms with Crippen molar-refractivity contribution >= 4 is 29.9 Å². The van der Waals surface area contributed by atoms with Crippen LogP contribution >= 0.6 is 15.9 Å². The standard InChI is InChI=1S/C2H4BBrO2/c3-6-2(5)1-4/h1,3H2. The SMILES string of the molecule is BOC(=O)CBr. The van der Waals surface area contributed by atoms with Gasteiger partial charge in [0, 0.05) is 0 Å². The van der Waals surface area contributed by atoms with Crippen LogP contribution in [-0.2, 0) is 9.45 Å². The Morgan fingerprint density at radius 2 is 2.50 bits per heavy atom. The quantitative estimate of drug-likeness (QED) is 0.371. The maximum Gasteiger partial charge on any atom is 0.326 e. The van der Waals surface area contributed by atoms with Gasteiger partial charge in [0.2, 0.25) is 0 Å². The Kier molecular flexibility index (Phi) is 3.22. The second-order valence-corrected chi connectivity index (χ2v) is 1.27. The third kappa shape index (κ3) is 2.26. The molecule has 0 saturated carbocycles. The molecule has 0 aromatic heterocycles. The van der Waals surface area contributed by atoms with Crippen molar-refractivity contribution in [2.45, 2.75) is 0 Å². The fourth-order valence-corrected chi connectivity index (χ4v) is 0.283. The third-order valence-corrected chi connectivity index (χ3v) is 0.795. The first-order valence-corrected chi connectivity index (χ1v) is 2.56. The molecule has 2 nitrogen and oxygen atoms in total. The molecule has 0 fully saturated rings. The molecule has 0 rings (SSSR count). The first kappa shape index (κ1) is 6.01. The van der Waals surface area contributed by atoms with Gasteiger partial charge in [0.25, 0.3) is 5.97 Å². The van der Waals surface area contributed by atoms with E-state index in [1.807, 2.05) is 0 Å². The molecule has 0 heterocycles. The van der Waals surface area contributed by atoms with Crippen molar-refractivity contribution in [1.29, 1.82) is 0 Å². The van der Waals surface area contributed by atoms with Gasteiger partial charge >= 0.3 is 8.05 Å². The molecular weight excluding hydrogens is 147 g/mol. The first-order valence-electron chi connectivity index (χ1n) is 1.44. The third-order valence-electron chi connectivity index (χ3n) is 0.337. The van der Waals surface area contributed by atoms with Crippen molar-refractivity contribution in [3.05, 3.63) is 0 Å². The largest absolute Gasteiger partial charge is 0.543 e. The molecule has 0 bridgehead atoms. The lowest BCUT2D eigenvalue weighted by molar-refractivity contribution is -0.130. The van der Waals surface area contributed by atoms with Gasteiger partial charge in [-0.1, -0.05) is 15.9 Å².